The molecule has 3 N–H and O–H groups in total. The molecule has 7 heteroatoms. The van der Waals surface area contributed by atoms with Gasteiger partial charge in [-0.25, -0.2) is 9.59 Å². The summed E-state index contributed by atoms with van der Waals surface area (Å²) < 4.78 is 5.13. The van der Waals surface area contributed by atoms with Crippen LogP contribution < -0.4 is 10.1 Å². The minimum Gasteiger partial charge on any atom is -0.497 e. The third kappa shape index (κ3) is 7.90. The lowest BCUT2D eigenvalue weighted by atomic mass is 10.1. The molecule has 0 saturated carbocycles. The van der Waals surface area contributed by atoms with Crippen molar-refractivity contribution < 1.29 is 24.5 Å². The van der Waals surface area contributed by atoms with Crippen LogP contribution in [0.3, 0.4) is 0 Å². The third-order valence-corrected chi connectivity index (χ3v) is 2.96. The van der Waals surface area contributed by atoms with E-state index in [2.05, 4.69) is 22.4 Å². The van der Waals surface area contributed by atoms with Crippen LogP contribution in [0.5, 0.6) is 5.75 Å². The van der Waals surface area contributed by atoms with Crippen molar-refractivity contribution in [2.75, 3.05) is 13.7 Å². The van der Waals surface area contributed by atoms with Gasteiger partial charge in [0.2, 0.25) is 0 Å². The zero-order valence-electron chi connectivity index (χ0n) is 13.3. The van der Waals surface area contributed by atoms with E-state index in [9.17, 15) is 0 Å². The zero-order chi connectivity index (χ0) is 17.8. The van der Waals surface area contributed by atoms with Crippen molar-refractivity contribution in [3.05, 3.63) is 59.9 Å². The Hall–Kier alpha value is -2.93. The molecule has 0 aliphatic carbocycles. The molecule has 0 radical (unpaired) electrons. The fourth-order valence-electron chi connectivity index (χ4n) is 1.74. The number of nitrogens with one attached hydrogen (secondary N) is 1. The maximum Gasteiger partial charge on any atom is 0.414 e. The average molecular weight is 332 g/mol. The Morgan fingerprint density at radius 1 is 1.08 bits per heavy atom. The van der Waals surface area contributed by atoms with Crippen molar-refractivity contribution in [2.24, 2.45) is 0 Å². The maximum absolute atomic E-state index is 9.10. The van der Waals surface area contributed by atoms with Crippen LogP contribution in [-0.4, -0.2) is 40.8 Å². The molecule has 1 aromatic carbocycles. The van der Waals surface area contributed by atoms with Gasteiger partial charge in [0.1, 0.15) is 5.75 Å². The lowest BCUT2D eigenvalue weighted by molar-refractivity contribution is -0.159. The summed E-state index contributed by atoms with van der Waals surface area (Å²) in [5.41, 5.74) is 2.39. The van der Waals surface area contributed by atoms with Gasteiger partial charge in [-0.3, -0.25) is 4.98 Å². The zero-order valence-corrected chi connectivity index (χ0v) is 13.3. The van der Waals surface area contributed by atoms with E-state index in [0.29, 0.717) is 0 Å². The summed E-state index contributed by atoms with van der Waals surface area (Å²) in [4.78, 5) is 22.5. The Morgan fingerprint density at radius 2 is 1.75 bits per heavy atom. The number of rotatable bonds is 6. The van der Waals surface area contributed by atoms with Crippen molar-refractivity contribution >= 4 is 11.9 Å². The van der Waals surface area contributed by atoms with Crippen LogP contribution in [0.2, 0.25) is 0 Å². The van der Waals surface area contributed by atoms with Crippen LogP contribution in [0.15, 0.2) is 48.7 Å². The summed E-state index contributed by atoms with van der Waals surface area (Å²) in [5.74, 6) is -2.75. The van der Waals surface area contributed by atoms with E-state index in [-0.39, 0.29) is 0 Å². The molecule has 0 atom stereocenters. The first kappa shape index (κ1) is 19.1. The highest BCUT2D eigenvalue weighted by atomic mass is 16.5. The fourth-order valence-corrected chi connectivity index (χ4v) is 1.74. The van der Waals surface area contributed by atoms with Gasteiger partial charge in [0.25, 0.3) is 0 Å². The normalized spacial score (nSPS) is 9.54. The summed E-state index contributed by atoms with van der Waals surface area (Å²) in [6, 6.07) is 14.2. The molecule has 2 rings (SSSR count). The number of aromatic nitrogens is 1. The fraction of sp³-hybridized carbons (Fsp3) is 0.235. The van der Waals surface area contributed by atoms with E-state index in [0.717, 1.165) is 31.0 Å². The highest BCUT2D eigenvalue weighted by Crippen LogP contribution is 2.11. The smallest absolute Gasteiger partial charge is 0.414 e. The van der Waals surface area contributed by atoms with Crippen molar-refractivity contribution in [2.45, 2.75) is 13.0 Å². The van der Waals surface area contributed by atoms with E-state index in [1.54, 1.807) is 7.11 Å². The van der Waals surface area contributed by atoms with Crippen molar-refractivity contribution in [1.29, 1.82) is 0 Å². The molecule has 0 fully saturated rings. The Labute approximate surface area is 139 Å². The first-order valence-corrected chi connectivity index (χ1v) is 7.22. The minimum absolute atomic E-state index is 0.816. The first-order chi connectivity index (χ1) is 11.5. The molecule has 2 aromatic rings. The first-order valence-electron chi connectivity index (χ1n) is 7.22. The van der Waals surface area contributed by atoms with Crippen LogP contribution >= 0.6 is 0 Å². The molecule has 24 heavy (non-hydrogen) atoms. The van der Waals surface area contributed by atoms with Gasteiger partial charge in [0, 0.05) is 12.7 Å². The molecular formula is C17H20N2O5. The number of aliphatic carboxylic acids is 2. The molecule has 0 unspecified atom stereocenters. The third-order valence-electron chi connectivity index (χ3n) is 2.96. The van der Waals surface area contributed by atoms with E-state index < -0.39 is 11.9 Å². The number of benzene rings is 1. The van der Waals surface area contributed by atoms with Crippen molar-refractivity contribution in [1.82, 2.24) is 10.3 Å². The number of nitrogens with zero attached hydrogens (tertiary/aromatic N) is 1. The highest BCUT2D eigenvalue weighted by molar-refractivity contribution is 6.27. The molecule has 0 aliphatic rings. The van der Waals surface area contributed by atoms with Crippen LogP contribution in [0.4, 0.5) is 0 Å². The number of ether oxygens (including phenoxy) is 1. The Balaban J connectivity index is 0.000000413. The Morgan fingerprint density at radius 3 is 2.25 bits per heavy atom. The summed E-state index contributed by atoms with van der Waals surface area (Å²) in [6.07, 6.45) is 2.83. The topological polar surface area (TPSA) is 109 Å². The monoisotopic (exact) mass is 332 g/mol. The number of carbonyl (C=O) groups is 2. The molecule has 1 heterocycles. The second-order valence-electron chi connectivity index (χ2n) is 4.71. The largest absolute Gasteiger partial charge is 0.497 e. The molecule has 0 aliphatic heterocycles. The van der Waals surface area contributed by atoms with E-state index in [1.807, 2.05) is 36.5 Å². The van der Waals surface area contributed by atoms with Crippen LogP contribution in [0, 0.1) is 0 Å². The number of hydrogen-bond acceptors (Lipinski definition) is 5. The number of carboxylic acids is 2. The second kappa shape index (κ2) is 10.7. The number of methoxy groups -OCH3 is 1. The predicted molar refractivity (Wildman–Crippen MR) is 87.9 cm³/mol. The standard InChI is InChI=1S/C15H18N2O.C2H2O4/c1-18-15-7-5-13(6-8-15)9-11-16-12-14-4-2-3-10-17-14;3-1(4)2(5)6/h2-8,10,16H,9,11-12H2,1H3;(H,3,4)(H,5,6). The lowest BCUT2D eigenvalue weighted by Crippen LogP contribution is -2.17. The number of hydrogen-bond donors (Lipinski definition) is 3. The number of carboxylic acid groups (broad SMARTS) is 2. The lowest BCUT2D eigenvalue weighted by Gasteiger charge is -2.05. The SMILES string of the molecule is COc1ccc(CCNCc2ccccn2)cc1.O=C(O)C(=O)O. The molecule has 0 spiro atoms. The Bertz CT molecular complexity index is 617. The van der Waals surface area contributed by atoms with Crippen molar-refractivity contribution in [3.8, 4) is 5.75 Å². The Kier molecular flexibility index (Phi) is 8.55. The quantitative estimate of drug-likeness (QED) is 0.544. The summed E-state index contributed by atoms with van der Waals surface area (Å²) in [5, 5.41) is 18.2. The molecule has 0 saturated heterocycles. The molecule has 0 bridgehead atoms. The van der Waals surface area contributed by atoms with Gasteiger partial charge in [0.15, 0.2) is 0 Å². The van der Waals surface area contributed by atoms with Crippen molar-refractivity contribution in [3.63, 3.8) is 0 Å². The summed E-state index contributed by atoms with van der Waals surface area (Å²) in [6.45, 7) is 1.76. The second-order valence-corrected chi connectivity index (χ2v) is 4.71. The predicted octanol–water partition coefficient (Wildman–Crippen LogP) is 1.58. The van der Waals surface area contributed by atoms with Gasteiger partial charge < -0.3 is 20.3 Å². The van der Waals surface area contributed by atoms with E-state index in [1.165, 1.54) is 5.56 Å². The molecule has 1 aromatic heterocycles. The van der Waals surface area contributed by atoms with E-state index in [4.69, 9.17) is 24.5 Å². The van der Waals surface area contributed by atoms with Gasteiger partial charge in [-0.05, 0) is 42.8 Å². The summed E-state index contributed by atoms with van der Waals surface area (Å²) >= 11 is 0. The van der Waals surface area contributed by atoms with Gasteiger partial charge >= 0.3 is 11.9 Å². The molecule has 0 amide bonds. The number of pyridine rings is 1. The molecule has 7 nitrogen and oxygen atoms in total. The van der Waals surface area contributed by atoms with Crippen LogP contribution in [-0.2, 0) is 22.6 Å². The molecular weight excluding hydrogens is 312 g/mol. The highest BCUT2D eigenvalue weighted by Gasteiger charge is 2.04. The molecule has 128 valence electrons. The van der Waals surface area contributed by atoms with Gasteiger partial charge in [-0.2, -0.15) is 0 Å². The average Bonchev–Trinajstić information content (AvgIpc) is 2.60. The minimum atomic E-state index is -1.82. The van der Waals surface area contributed by atoms with Crippen LogP contribution in [0.25, 0.3) is 0 Å². The van der Waals surface area contributed by atoms with E-state index >= 15 is 0 Å². The van der Waals surface area contributed by atoms with Gasteiger partial charge in [-0.15, -0.1) is 0 Å². The van der Waals surface area contributed by atoms with Crippen LogP contribution in [0.1, 0.15) is 11.3 Å². The summed E-state index contributed by atoms with van der Waals surface area (Å²) in [7, 11) is 1.68. The van der Waals surface area contributed by atoms with Gasteiger partial charge in [0.05, 0.1) is 12.8 Å². The van der Waals surface area contributed by atoms with Gasteiger partial charge in [-0.1, -0.05) is 18.2 Å². The maximum atomic E-state index is 9.10.